The van der Waals surface area contributed by atoms with Crippen molar-refractivity contribution >= 4 is 0 Å². The van der Waals surface area contributed by atoms with E-state index in [1.165, 1.54) is 18.4 Å². The van der Waals surface area contributed by atoms with Gasteiger partial charge < -0.3 is 10.1 Å². The Kier molecular flexibility index (Phi) is 3.27. The van der Waals surface area contributed by atoms with Gasteiger partial charge in [0, 0.05) is 12.6 Å². The average molecular weight is 205 g/mol. The summed E-state index contributed by atoms with van der Waals surface area (Å²) in [5.74, 6) is 1.84. The molecule has 2 nitrogen and oxygen atoms in total. The molecule has 15 heavy (non-hydrogen) atoms. The van der Waals surface area contributed by atoms with Crippen molar-refractivity contribution in [2.45, 2.75) is 32.4 Å². The molecule has 1 aromatic rings. The Hall–Kier alpha value is -1.02. The molecule has 1 aromatic carbocycles. The second-order valence-electron chi connectivity index (χ2n) is 4.50. The van der Waals surface area contributed by atoms with Crippen LogP contribution in [0.4, 0.5) is 0 Å². The molecule has 1 aliphatic rings. The van der Waals surface area contributed by atoms with E-state index in [9.17, 15) is 0 Å². The summed E-state index contributed by atoms with van der Waals surface area (Å²) in [6.07, 6.45) is 2.66. The lowest BCUT2D eigenvalue weighted by molar-refractivity contribution is 0.240. The number of benzene rings is 1. The molecule has 0 heterocycles. The van der Waals surface area contributed by atoms with Gasteiger partial charge in [-0.05, 0) is 36.5 Å². The minimum atomic E-state index is 0.738. The van der Waals surface area contributed by atoms with Crippen LogP contribution in [0.25, 0.3) is 0 Å². The highest BCUT2D eigenvalue weighted by Gasteiger charge is 2.24. The van der Waals surface area contributed by atoms with Gasteiger partial charge in [-0.25, -0.2) is 0 Å². The first-order chi connectivity index (χ1) is 7.28. The SMILES string of the molecule is COc1ccc(CNC2CC(C)C2)cc1. The molecule has 1 aliphatic carbocycles. The Morgan fingerprint density at radius 1 is 1.27 bits per heavy atom. The van der Waals surface area contributed by atoms with Crippen molar-refractivity contribution in [2.24, 2.45) is 5.92 Å². The lowest BCUT2D eigenvalue weighted by Crippen LogP contribution is -2.39. The van der Waals surface area contributed by atoms with Crippen LogP contribution in [-0.2, 0) is 6.54 Å². The third kappa shape index (κ3) is 2.72. The Labute approximate surface area is 91.6 Å². The van der Waals surface area contributed by atoms with E-state index in [0.29, 0.717) is 0 Å². The smallest absolute Gasteiger partial charge is 0.118 e. The highest BCUT2D eigenvalue weighted by atomic mass is 16.5. The zero-order chi connectivity index (χ0) is 10.7. The van der Waals surface area contributed by atoms with Crippen LogP contribution in [0.3, 0.4) is 0 Å². The van der Waals surface area contributed by atoms with E-state index in [0.717, 1.165) is 24.3 Å². The van der Waals surface area contributed by atoms with E-state index >= 15 is 0 Å². The third-order valence-corrected chi connectivity index (χ3v) is 3.13. The molecule has 1 N–H and O–H groups in total. The Bertz CT molecular complexity index is 301. The van der Waals surface area contributed by atoms with Crippen LogP contribution in [0.2, 0.25) is 0 Å². The Morgan fingerprint density at radius 3 is 2.47 bits per heavy atom. The minimum Gasteiger partial charge on any atom is -0.497 e. The van der Waals surface area contributed by atoms with Gasteiger partial charge in [-0.3, -0.25) is 0 Å². The summed E-state index contributed by atoms with van der Waals surface area (Å²) in [6, 6.07) is 9.00. The van der Waals surface area contributed by atoms with Crippen LogP contribution in [0.1, 0.15) is 25.3 Å². The number of rotatable bonds is 4. The maximum Gasteiger partial charge on any atom is 0.118 e. The minimum absolute atomic E-state index is 0.738. The van der Waals surface area contributed by atoms with E-state index in [-0.39, 0.29) is 0 Å². The molecular weight excluding hydrogens is 186 g/mol. The first-order valence-electron chi connectivity index (χ1n) is 5.64. The second kappa shape index (κ2) is 4.67. The molecule has 0 atom stereocenters. The van der Waals surface area contributed by atoms with Crippen LogP contribution < -0.4 is 10.1 Å². The molecule has 0 bridgehead atoms. The molecule has 0 radical (unpaired) electrons. The molecule has 0 aromatic heterocycles. The fourth-order valence-electron chi connectivity index (χ4n) is 2.07. The lowest BCUT2D eigenvalue weighted by atomic mass is 9.82. The molecule has 2 rings (SSSR count). The van der Waals surface area contributed by atoms with Crippen molar-refractivity contribution in [3.05, 3.63) is 29.8 Å². The number of ether oxygens (including phenoxy) is 1. The van der Waals surface area contributed by atoms with Crippen molar-refractivity contribution in [1.29, 1.82) is 0 Å². The maximum absolute atomic E-state index is 5.12. The fraction of sp³-hybridized carbons (Fsp3) is 0.538. The predicted molar refractivity (Wildman–Crippen MR) is 62.0 cm³/mol. The lowest BCUT2D eigenvalue weighted by Gasteiger charge is -2.33. The molecule has 1 fully saturated rings. The summed E-state index contributed by atoms with van der Waals surface area (Å²) in [5.41, 5.74) is 1.33. The van der Waals surface area contributed by atoms with Gasteiger partial charge in [-0.15, -0.1) is 0 Å². The zero-order valence-electron chi connectivity index (χ0n) is 9.49. The quantitative estimate of drug-likeness (QED) is 0.815. The van der Waals surface area contributed by atoms with Crippen LogP contribution in [0.15, 0.2) is 24.3 Å². The van der Waals surface area contributed by atoms with Gasteiger partial charge >= 0.3 is 0 Å². The van der Waals surface area contributed by atoms with Crippen molar-refractivity contribution < 1.29 is 4.74 Å². The molecule has 0 aliphatic heterocycles. The molecular formula is C13H19NO. The third-order valence-electron chi connectivity index (χ3n) is 3.13. The first-order valence-corrected chi connectivity index (χ1v) is 5.64. The van der Waals surface area contributed by atoms with Gasteiger partial charge in [-0.1, -0.05) is 19.1 Å². The second-order valence-corrected chi connectivity index (χ2v) is 4.50. The maximum atomic E-state index is 5.12. The molecule has 1 saturated carbocycles. The largest absolute Gasteiger partial charge is 0.497 e. The van der Waals surface area contributed by atoms with Gasteiger partial charge in [0.05, 0.1) is 7.11 Å². The summed E-state index contributed by atoms with van der Waals surface area (Å²) in [4.78, 5) is 0. The highest BCUT2D eigenvalue weighted by Crippen LogP contribution is 2.26. The highest BCUT2D eigenvalue weighted by molar-refractivity contribution is 5.27. The number of hydrogen-bond donors (Lipinski definition) is 1. The summed E-state index contributed by atoms with van der Waals surface area (Å²) in [7, 11) is 1.70. The molecule has 0 spiro atoms. The average Bonchev–Trinajstić information content (AvgIpc) is 2.23. The van der Waals surface area contributed by atoms with Gasteiger partial charge in [0.2, 0.25) is 0 Å². The van der Waals surface area contributed by atoms with Crippen molar-refractivity contribution in [2.75, 3.05) is 7.11 Å². The molecule has 0 amide bonds. The Morgan fingerprint density at radius 2 is 1.93 bits per heavy atom. The first kappa shape index (κ1) is 10.5. The predicted octanol–water partition coefficient (Wildman–Crippen LogP) is 2.58. The molecule has 2 heteroatoms. The molecule has 0 unspecified atom stereocenters. The van der Waals surface area contributed by atoms with E-state index in [1.807, 2.05) is 12.1 Å². The van der Waals surface area contributed by atoms with Gasteiger partial charge in [0.1, 0.15) is 5.75 Å². The summed E-state index contributed by atoms with van der Waals surface area (Å²) < 4.78 is 5.12. The normalized spacial score (nSPS) is 24.7. The summed E-state index contributed by atoms with van der Waals surface area (Å²) >= 11 is 0. The number of nitrogens with one attached hydrogen (secondary N) is 1. The van der Waals surface area contributed by atoms with Crippen molar-refractivity contribution in [3.63, 3.8) is 0 Å². The zero-order valence-corrected chi connectivity index (χ0v) is 9.49. The summed E-state index contributed by atoms with van der Waals surface area (Å²) in [5, 5.41) is 3.56. The number of hydrogen-bond acceptors (Lipinski definition) is 2. The van der Waals surface area contributed by atoms with Crippen molar-refractivity contribution in [3.8, 4) is 5.75 Å². The molecule has 82 valence electrons. The molecule has 0 saturated heterocycles. The van der Waals surface area contributed by atoms with Gasteiger partial charge in [0.15, 0.2) is 0 Å². The number of methoxy groups -OCH3 is 1. The van der Waals surface area contributed by atoms with Crippen LogP contribution >= 0.6 is 0 Å². The monoisotopic (exact) mass is 205 g/mol. The fourth-order valence-corrected chi connectivity index (χ4v) is 2.07. The van der Waals surface area contributed by atoms with E-state index in [2.05, 4.69) is 24.4 Å². The van der Waals surface area contributed by atoms with E-state index < -0.39 is 0 Å². The van der Waals surface area contributed by atoms with Crippen molar-refractivity contribution in [1.82, 2.24) is 5.32 Å². The van der Waals surface area contributed by atoms with Crippen LogP contribution in [0, 0.1) is 5.92 Å². The van der Waals surface area contributed by atoms with E-state index in [1.54, 1.807) is 7.11 Å². The van der Waals surface area contributed by atoms with Gasteiger partial charge in [-0.2, -0.15) is 0 Å². The standard InChI is InChI=1S/C13H19NO/c1-10-7-12(8-10)14-9-11-3-5-13(15-2)6-4-11/h3-6,10,12,14H,7-9H2,1-2H3. The van der Waals surface area contributed by atoms with Gasteiger partial charge in [0.25, 0.3) is 0 Å². The Balaban J connectivity index is 1.78. The topological polar surface area (TPSA) is 21.3 Å². The van der Waals surface area contributed by atoms with Crippen LogP contribution in [0.5, 0.6) is 5.75 Å². The van der Waals surface area contributed by atoms with Crippen LogP contribution in [-0.4, -0.2) is 13.2 Å². The summed E-state index contributed by atoms with van der Waals surface area (Å²) in [6.45, 7) is 3.28. The van der Waals surface area contributed by atoms with E-state index in [4.69, 9.17) is 4.74 Å².